The van der Waals surface area contributed by atoms with Gasteiger partial charge in [0.2, 0.25) is 10.0 Å². The molecule has 0 bridgehead atoms. The van der Waals surface area contributed by atoms with E-state index >= 15 is 0 Å². The van der Waals surface area contributed by atoms with E-state index in [9.17, 15) is 8.42 Å². The predicted molar refractivity (Wildman–Crippen MR) is 124 cm³/mol. The molecular formula is C20H19BrCl2N4O2S. The molecule has 158 valence electrons. The van der Waals surface area contributed by atoms with Crippen molar-refractivity contribution in [2.75, 3.05) is 5.32 Å². The minimum atomic E-state index is -3.65. The van der Waals surface area contributed by atoms with Crippen LogP contribution in [0.5, 0.6) is 0 Å². The molecule has 0 atom stereocenters. The van der Waals surface area contributed by atoms with Gasteiger partial charge in [0.1, 0.15) is 10.0 Å². The fourth-order valence-electron chi connectivity index (χ4n) is 3.66. The van der Waals surface area contributed by atoms with E-state index in [0.717, 1.165) is 42.3 Å². The van der Waals surface area contributed by atoms with Crippen molar-refractivity contribution in [1.29, 1.82) is 0 Å². The normalized spacial score (nSPS) is 19.7. The van der Waals surface area contributed by atoms with E-state index < -0.39 is 10.0 Å². The van der Waals surface area contributed by atoms with Crippen molar-refractivity contribution in [3.8, 4) is 0 Å². The van der Waals surface area contributed by atoms with Gasteiger partial charge >= 0.3 is 0 Å². The van der Waals surface area contributed by atoms with E-state index in [-0.39, 0.29) is 22.1 Å². The Morgan fingerprint density at radius 1 is 1.00 bits per heavy atom. The Morgan fingerprint density at radius 3 is 2.47 bits per heavy atom. The summed E-state index contributed by atoms with van der Waals surface area (Å²) >= 11 is 15.1. The van der Waals surface area contributed by atoms with Crippen LogP contribution in [-0.4, -0.2) is 30.5 Å². The third-order valence-corrected chi connectivity index (χ3v) is 8.05. The number of hydrogen-bond acceptors (Lipinski definition) is 5. The Bertz CT molecular complexity index is 1180. The second-order valence-electron chi connectivity index (χ2n) is 7.28. The number of nitrogens with zero attached hydrogens (tertiary/aromatic N) is 2. The van der Waals surface area contributed by atoms with Crippen LogP contribution in [0.25, 0.3) is 10.9 Å². The second kappa shape index (κ2) is 8.96. The lowest BCUT2D eigenvalue weighted by molar-refractivity contribution is 0.387. The summed E-state index contributed by atoms with van der Waals surface area (Å²) in [5, 5.41) is 5.48. The fraction of sp³-hybridized carbons (Fsp3) is 0.300. The van der Waals surface area contributed by atoms with Gasteiger partial charge in [0, 0.05) is 40.6 Å². The number of anilines is 1. The van der Waals surface area contributed by atoms with E-state index in [4.69, 9.17) is 23.2 Å². The molecule has 2 heterocycles. The Morgan fingerprint density at radius 2 is 1.73 bits per heavy atom. The molecule has 0 unspecified atom stereocenters. The predicted octanol–water partition coefficient (Wildman–Crippen LogP) is 5.40. The Hall–Kier alpha value is -1.45. The van der Waals surface area contributed by atoms with Crippen LogP contribution in [0.15, 0.2) is 52.1 Å². The van der Waals surface area contributed by atoms with Crippen LogP contribution in [0.2, 0.25) is 10.2 Å². The van der Waals surface area contributed by atoms with Crippen LogP contribution in [-0.2, 0) is 10.0 Å². The standard InChI is InChI=1S/C20H19BrCl2N4O2S/c21-17-10-15(11-25-20(17)23)30(28,29)27-14-4-2-13(3-5-14)26-18-7-8-24-19-9-12(22)1-6-16(18)19/h1,6-11,13-14,27H,2-5H2,(H,24,26). The van der Waals surface area contributed by atoms with Gasteiger partial charge in [-0.2, -0.15) is 0 Å². The van der Waals surface area contributed by atoms with Crippen molar-refractivity contribution in [3.63, 3.8) is 0 Å². The Balaban J connectivity index is 1.39. The van der Waals surface area contributed by atoms with Gasteiger partial charge < -0.3 is 5.32 Å². The topological polar surface area (TPSA) is 84.0 Å². The summed E-state index contributed by atoms with van der Waals surface area (Å²) in [6.07, 6.45) is 6.23. The summed E-state index contributed by atoms with van der Waals surface area (Å²) < 4.78 is 28.6. The third-order valence-electron chi connectivity index (χ3n) is 5.19. The number of sulfonamides is 1. The van der Waals surface area contributed by atoms with Crippen molar-refractivity contribution in [2.24, 2.45) is 0 Å². The number of fused-ring (bicyclic) bond motifs is 1. The first-order valence-electron chi connectivity index (χ1n) is 9.46. The zero-order chi connectivity index (χ0) is 21.3. The van der Waals surface area contributed by atoms with Gasteiger partial charge in [0.15, 0.2) is 0 Å². The van der Waals surface area contributed by atoms with Crippen LogP contribution < -0.4 is 10.0 Å². The van der Waals surface area contributed by atoms with Gasteiger partial charge in [-0.25, -0.2) is 18.1 Å². The summed E-state index contributed by atoms with van der Waals surface area (Å²) in [5.41, 5.74) is 1.86. The lowest BCUT2D eigenvalue weighted by Gasteiger charge is -2.30. The number of halogens is 3. The highest BCUT2D eigenvalue weighted by Crippen LogP contribution is 2.29. The van der Waals surface area contributed by atoms with E-state index in [2.05, 4.69) is 35.9 Å². The summed E-state index contributed by atoms with van der Waals surface area (Å²) in [6.45, 7) is 0. The van der Waals surface area contributed by atoms with Gasteiger partial charge in [0.05, 0.1) is 9.99 Å². The summed E-state index contributed by atoms with van der Waals surface area (Å²) in [5.74, 6) is 0. The smallest absolute Gasteiger partial charge is 0.242 e. The van der Waals surface area contributed by atoms with E-state index in [0.29, 0.717) is 9.50 Å². The van der Waals surface area contributed by atoms with Gasteiger partial charge in [0.25, 0.3) is 0 Å². The molecule has 10 heteroatoms. The Kier molecular flexibility index (Phi) is 6.50. The zero-order valence-corrected chi connectivity index (χ0v) is 19.7. The first-order valence-corrected chi connectivity index (χ1v) is 12.5. The average molecular weight is 530 g/mol. The molecule has 0 spiro atoms. The maximum atomic E-state index is 12.7. The molecule has 1 fully saturated rings. The molecule has 0 amide bonds. The highest BCUT2D eigenvalue weighted by molar-refractivity contribution is 9.10. The van der Waals surface area contributed by atoms with Crippen LogP contribution in [0.3, 0.4) is 0 Å². The largest absolute Gasteiger partial charge is 0.382 e. The lowest BCUT2D eigenvalue weighted by Crippen LogP contribution is -2.40. The quantitative estimate of drug-likeness (QED) is 0.432. The van der Waals surface area contributed by atoms with Gasteiger partial charge in [-0.1, -0.05) is 23.2 Å². The van der Waals surface area contributed by atoms with Gasteiger partial charge in [-0.15, -0.1) is 0 Å². The van der Waals surface area contributed by atoms with Crippen molar-refractivity contribution in [3.05, 3.63) is 57.4 Å². The van der Waals surface area contributed by atoms with Crippen LogP contribution in [0, 0.1) is 0 Å². The zero-order valence-electron chi connectivity index (χ0n) is 15.8. The number of hydrogen-bond donors (Lipinski definition) is 2. The molecule has 1 aliphatic rings. The molecule has 0 aliphatic heterocycles. The highest BCUT2D eigenvalue weighted by Gasteiger charge is 2.26. The molecule has 2 N–H and O–H groups in total. The van der Waals surface area contributed by atoms with Crippen LogP contribution in [0.1, 0.15) is 25.7 Å². The minimum Gasteiger partial charge on any atom is -0.382 e. The minimum absolute atomic E-state index is 0.0981. The van der Waals surface area contributed by atoms with Gasteiger partial charge in [-0.05, 0) is 71.9 Å². The second-order valence-corrected chi connectivity index (χ2v) is 10.6. The average Bonchev–Trinajstić information content (AvgIpc) is 2.71. The fourth-order valence-corrected chi connectivity index (χ4v) is 5.71. The number of nitrogens with one attached hydrogen (secondary N) is 2. The van der Waals surface area contributed by atoms with Crippen molar-refractivity contribution >= 4 is 65.7 Å². The number of pyridine rings is 2. The van der Waals surface area contributed by atoms with Crippen molar-refractivity contribution in [1.82, 2.24) is 14.7 Å². The molecule has 30 heavy (non-hydrogen) atoms. The van der Waals surface area contributed by atoms with Crippen LogP contribution in [0.4, 0.5) is 5.69 Å². The molecule has 1 saturated carbocycles. The van der Waals surface area contributed by atoms with E-state index in [1.807, 2.05) is 24.3 Å². The molecule has 4 rings (SSSR count). The van der Waals surface area contributed by atoms with Gasteiger partial charge in [-0.3, -0.25) is 4.98 Å². The summed E-state index contributed by atoms with van der Waals surface area (Å²) in [7, 11) is -3.65. The van der Waals surface area contributed by atoms with Crippen molar-refractivity contribution < 1.29 is 8.42 Å². The lowest BCUT2D eigenvalue weighted by atomic mass is 9.91. The summed E-state index contributed by atoms with van der Waals surface area (Å²) in [4.78, 5) is 8.37. The monoisotopic (exact) mass is 528 g/mol. The molecular weight excluding hydrogens is 511 g/mol. The molecule has 3 aromatic rings. The molecule has 2 aromatic heterocycles. The molecule has 0 radical (unpaired) electrons. The first kappa shape index (κ1) is 21.8. The first-order chi connectivity index (χ1) is 14.3. The molecule has 1 aliphatic carbocycles. The number of aromatic nitrogens is 2. The van der Waals surface area contributed by atoms with Crippen molar-refractivity contribution in [2.45, 2.75) is 42.7 Å². The molecule has 1 aromatic carbocycles. The third kappa shape index (κ3) is 4.89. The summed E-state index contributed by atoms with van der Waals surface area (Å²) in [6, 6.07) is 9.23. The Labute approximate surface area is 193 Å². The number of rotatable bonds is 5. The van der Waals surface area contributed by atoms with E-state index in [1.165, 1.54) is 12.3 Å². The maximum absolute atomic E-state index is 12.7. The number of benzene rings is 1. The molecule has 6 nitrogen and oxygen atoms in total. The maximum Gasteiger partial charge on any atom is 0.242 e. The highest BCUT2D eigenvalue weighted by atomic mass is 79.9. The van der Waals surface area contributed by atoms with Crippen LogP contribution >= 0.6 is 39.1 Å². The SMILES string of the molecule is O=S(=O)(NC1CCC(Nc2ccnc3cc(Cl)ccc23)CC1)c1cnc(Cl)c(Br)c1. The van der Waals surface area contributed by atoms with E-state index in [1.54, 1.807) is 6.20 Å². The molecule has 0 saturated heterocycles.